The minimum atomic E-state index is -0.404. The Morgan fingerprint density at radius 2 is 1.75 bits per heavy atom. The smallest absolute Gasteiger partial charge is 0.269 e. The third-order valence-electron chi connectivity index (χ3n) is 3.71. The maximum absolute atomic E-state index is 12.0. The molecular weight excluding hydrogens is 446 g/mol. The number of hydrazine groups is 1. The summed E-state index contributed by atoms with van der Waals surface area (Å²) in [7, 11) is 1.79. The molecule has 0 unspecified atom stereocenters. The molecule has 0 radical (unpaired) electrons. The van der Waals surface area contributed by atoms with Crippen LogP contribution in [0.4, 0.5) is 0 Å². The van der Waals surface area contributed by atoms with Gasteiger partial charge in [0.2, 0.25) is 5.91 Å². The third kappa shape index (κ3) is 4.90. The van der Waals surface area contributed by atoms with E-state index in [2.05, 4.69) is 37.0 Å². The molecule has 2 aromatic carbocycles. The van der Waals surface area contributed by atoms with Gasteiger partial charge in [-0.25, -0.2) is 0 Å². The van der Waals surface area contributed by atoms with Gasteiger partial charge in [0.05, 0.1) is 5.75 Å². The number of hydrogen-bond donors (Lipinski definition) is 3. The van der Waals surface area contributed by atoms with E-state index >= 15 is 0 Å². The lowest BCUT2D eigenvalue weighted by atomic mass is 10.2. The van der Waals surface area contributed by atoms with Crippen molar-refractivity contribution in [3.63, 3.8) is 0 Å². The number of benzene rings is 2. The van der Waals surface area contributed by atoms with Crippen molar-refractivity contribution in [3.8, 4) is 17.1 Å². The number of carbonyl (C=O) groups is 2. The molecule has 3 rings (SSSR count). The van der Waals surface area contributed by atoms with Gasteiger partial charge >= 0.3 is 0 Å². The highest BCUT2D eigenvalue weighted by atomic mass is 79.9. The minimum Gasteiger partial charge on any atom is -0.508 e. The summed E-state index contributed by atoms with van der Waals surface area (Å²) in [5.74, 6) is 0.0694. The molecule has 2 amide bonds. The number of phenols is 1. The van der Waals surface area contributed by atoms with Crippen molar-refractivity contribution >= 4 is 39.5 Å². The molecule has 1 heterocycles. The molecule has 3 aromatic rings. The number of nitrogens with zero attached hydrogens (tertiary/aromatic N) is 3. The van der Waals surface area contributed by atoms with Crippen LogP contribution in [0.3, 0.4) is 0 Å². The molecule has 144 valence electrons. The van der Waals surface area contributed by atoms with Crippen molar-refractivity contribution < 1.29 is 14.7 Å². The van der Waals surface area contributed by atoms with Crippen LogP contribution < -0.4 is 10.9 Å². The van der Waals surface area contributed by atoms with Crippen molar-refractivity contribution in [1.29, 1.82) is 0 Å². The number of rotatable bonds is 5. The van der Waals surface area contributed by atoms with Gasteiger partial charge in [0, 0.05) is 22.6 Å². The third-order valence-corrected chi connectivity index (χ3v) is 5.26. The van der Waals surface area contributed by atoms with Crippen LogP contribution in [0.15, 0.2) is 58.2 Å². The maximum atomic E-state index is 12.0. The lowest BCUT2D eigenvalue weighted by Gasteiger charge is -2.07. The van der Waals surface area contributed by atoms with Crippen LogP contribution >= 0.6 is 27.7 Å². The number of nitrogens with one attached hydrogen (secondary N) is 2. The Morgan fingerprint density at radius 3 is 2.43 bits per heavy atom. The number of aromatic hydroxyl groups is 1. The van der Waals surface area contributed by atoms with Gasteiger partial charge in [-0.2, -0.15) is 0 Å². The minimum absolute atomic E-state index is 0.0577. The number of halogens is 1. The number of thioether (sulfide) groups is 1. The van der Waals surface area contributed by atoms with Crippen LogP contribution in [0, 0.1) is 0 Å². The molecule has 0 bridgehead atoms. The van der Waals surface area contributed by atoms with E-state index in [9.17, 15) is 14.7 Å². The standard InChI is InChI=1S/C18H16BrN5O3S/c1-24-16(11-4-8-14(25)9-5-11)21-23-18(24)28-10-15(26)20-22-17(27)12-2-6-13(19)7-3-12/h2-9,25H,10H2,1H3,(H,20,26)(H,22,27). The van der Waals surface area contributed by atoms with Crippen molar-refractivity contribution in [3.05, 3.63) is 58.6 Å². The van der Waals surface area contributed by atoms with E-state index in [1.807, 2.05) is 0 Å². The molecule has 3 N–H and O–H groups in total. The molecule has 0 saturated heterocycles. The Hall–Kier alpha value is -2.85. The Morgan fingerprint density at radius 1 is 1.07 bits per heavy atom. The molecule has 10 heteroatoms. The van der Waals surface area contributed by atoms with Crippen molar-refractivity contribution in [2.75, 3.05) is 5.75 Å². The van der Waals surface area contributed by atoms with Crippen molar-refractivity contribution in [1.82, 2.24) is 25.6 Å². The zero-order valence-corrected chi connectivity index (χ0v) is 17.1. The monoisotopic (exact) mass is 461 g/mol. The van der Waals surface area contributed by atoms with E-state index in [4.69, 9.17) is 0 Å². The summed E-state index contributed by atoms with van der Waals surface area (Å²) in [6.45, 7) is 0. The summed E-state index contributed by atoms with van der Waals surface area (Å²) < 4.78 is 2.62. The van der Waals surface area contributed by atoms with Gasteiger partial charge in [-0.05, 0) is 48.5 Å². The topological polar surface area (TPSA) is 109 Å². The Kier molecular flexibility index (Phi) is 6.32. The zero-order chi connectivity index (χ0) is 20.1. The molecular formula is C18H16BrN5O3S. The maximum Gasteiger partial charge on any atom is 0.269 e. The van der Waals surface area contributed by atoms with E-state index in [0.717, 1.165) is 10.0 Å². The van der Waals surface area contributed by atoms with Crippen molar-refractivity contribution in [2.45, 2.75) is 5.16 Å². The van der Waals surface area contributed by atoms with Crippen LogP contribution in [0.5, 0.6) is 5.75 Å². The summed E-state index contributed by atoms with van der Waals surface area (Å²) in [6.07, 6.45) is 0. The Labute approximate surface area is 173 Å². The SMILES string of the molecule is Cn1c(SCC(=O)NNC(=O)c2ccc(Br)cc2)nnc1-c1ccc(O)cc1. The van der Waals surface area contributed by atoms with Crippen LogP contribution in [0.1, 0.15) is 10.4 Å². The lowest BCUT2D eigenvalue weighted by molar-refractivity contribution is -0.119. The molecule has 1 aromatic heterocycles. The summed E-state index contributed by atoms with van der Waals surface area (Å²) >= 11 is 4.49. The highest BCUT2D eigenvalue weighted by Crippen LogP contribution is 2.23. The average Bonchev–Trinajstić information content (AvgIpc) is 3.06. The largest absolute Gasteiger partial charge is 0.508 e. The molecule has 0 fully saturated rings. The molecule has 0 saturated carbocycles. The van der Waals surface area contributed by atoms with Gasteiger partial charge in [-0.15, -0.1) is 10.2 Å². The summed E-state index contributed by atoms with van der Waals surface area (Å²) in [5, 5.41) is 18.1. The molecule has 0 aliphatic carbocycles. The fraction of sp³-hybridized carbons (Fsp3) is 0.111. The number of carbonyl (C=O) groups excluding carboxylic acids is 2. The zero-order valence-electron chi connectivity index (χ0n) is 14.7. The summed E-state index contributed by atoms with van der Waals surface area (Å²) in [6, 6.07) is 13.4. The van der Waals surface area contributed by atoms with E-state index in [-0.39, 0.29) is 17.4 Å². The highest BCUT2D eigenvalue weighted by Gasteiger charge is 2.13. The predicted molar refractivity (Wildman–Crippen MR) is 109 cm³/mol. The first kappa shape index (κ1) is 19.9. The molecule has 0 atom stereocenters. The molecule has 8 nitrogen and oxygen atoms in total. The van der Waals surface area contributed by atoms with Gasteiger partial charge < -0.3 is 9.67 Å². The predicted octanol–water partition coefficient (Wildman–Crippen LogP) is 2.50. The van der Waals surface area contributed by atoms with E-state index < -0.39 is 5.91 Å². The highest BCUT2D eigenvalue weighted by molar-refractivity contribution is 9.10. The van der Waals surface area contributed by atoms with Gasteiger partial charge in [-0.3, -0.25) is 20.4 Å². The average molecular weight is 462 g/mol. The van der Waals surface area contributed by atoms with E-state index in [1.54, 1.807) is 60.1 Å². The fourth-order valence-electron chi connectivity index (χ4n) is 2.27. The lowest BCUT2D eigenvalue weighted by Crippen LogP contribution is -2.42. The summed E-state index contributed by atoms with van der Waals surface area (Å²) in [5.41, 5.74) is 5.98. The fourth-order valence-corrected chi connectivity index (χ4v) is 3.24. The number of hydrogen-bond acceptors (Lipinski definition) is 6. The molecule has 0 aliphatic heterocycles. The quantitative estimate of drug-likeness (QED) is 0.397. The first-order chi connectivity index (χ1) is 13.4. The van der Waals surface area contributed by atoms with Crippen LogP contribution in [-0.2, 0) is 11.8 Å². The van der Waals surface area contributed by atoms with Crippen LogP contribution in [-0.4, -0.2) is 37.4 Å². The van der Waals surface area contributed by atoms with Crippen molar-refractivity contribution in [2.24, 2.45) is 7.05 Å². The number of aromatic nitrogens is 3. The van der Waals surface area contributed by atoms with Gasteiger partial charge in [0.1, 0.15) is 5.75 Å². The number of phenolic OH excluding ortho intramolecular Hbond substituents is 1. The Balaban J connectivity index is 1.53. The first-order valence-corrected chi connectivity index (χ1v) is 9.88. The van der Waals surface area contributed by atoms with E-state index in [0.29, 0.717) is 16.5 Å². The second kappa shape index (κ2) is 8.89. The summed E-state index contributed by atoms with van der Waals surface area (Å²) in [4.78, 5) is 24.0. The van der Waals surface area contributed by atoms with Gasteiger partial charge in [-0.1, -0.05) is 27.7 Å². The van der Waals surface area contributed by atoms with Gasteiger partial charge in [0.25, 0.3) is 5.91 Å². The molecule has 0 aliphatic rings. The second-order valence-electron chi connectivity index (χ2n) is 5.71. The Bertz CT molecular complexity index is 989. The van der Waals surface area contributed by atoms with Crippen LogP contribution in [0.2, 0.25) is 0 Å². The molecule has 0 spiro atoms. The second-order valence-corrected chi connectivity index (χ2v) is 7.57. The van der Waals surface area contributed by atoms with E-state index in [1.165, 1.54) is 11.8 Å². The first-order valence-electron chi connectivity index (χ1n) is 8.10. The molecule has 28 heavy (non-hydrogen) atoms. The normalized spacial score (nSPS) is 10.5. The van der Waals surface area contributed by atoms with Gasteiger partial charge in [0.15, 0.2) is 11.0 Å². The van der Waals surface area contributed by atoms with Crippen LogP contribution in [0.25, 0.3) is 11.4 Å². The number of amides is 2.